The first-order chi connectivity index (χ1) is 8.72. The zero-order valence-corrected chi connectivity index (χ0v) is 11.7. The van der Waals surface area contributed by atoms with Crippen molar-refractivity contribution >= 4 is 22.9 Å². The molecule has 1 N–H and O–H groups in total. The Balaban J connectivity index is 2.33. The molecule has 0 spiro atoms. The zero-order valence-electron chi connectivity index (χ0n) is 10.1. The number of hydrogen-bond donors (Lipinski definition) is 1. The van der Waals surface area contributed by atoms with E-state index in [0.717, 1.165) is 28.4 Å². The van der Waals surface area contributed by atoms with Crippen molar-refractivity contribution in [1.29, 1.82) is 0 Å². The van der Waals surface area contributed by atoms with Crippen LogP contribution in [0.4, 0.5) is 4.39 Å². The van der Waals surface area contributed by atoms with E-state index in [9.17, 15) is 4.39 Å². The summed E-state index contributed by atoms with van der Waals surface area (Å²) in [7, 11) is 0. The summed E-state index contributed by atoms with van der Waals surface area (Å²) in [5, 5.41) is 6.11. The monoisotopic (exact) mass is 283 g/mol. The van der Waals surface area contributed by atoms with Gasteiger partial charge in [-0.25, -0.2) is 4.39 Å². The highest BCUT2D eigenvalue weighted by atomic mass is 35.5. The highest BCUT2D eigenvalue weighted by Crippen LogP contribution is 2.33. The van der Waals surface area contributed by atoms with E-state index >= 15 is 0 Å². The van der Waals surface area contributed by atoms with Crippen molar-refractivity contribution in [2.24, 2.45) is 0 Å². The predicted molar refractivity (Wildman–Crippen MR) is 75.9 cm³/mol. The molecule has 0 aliphatic carbocycles. The molecule has 1 atom stereocenters. The van der Waals surface area contributed by atoms with E-state index in [1.165, 1.54) is 6.07 Å². The largest absolute Gasteiger partial charge is 0.306 e. The van der Waals surface area contributed by atoms with Gasteiger partial charge in [0.25, 0.3) is 0 Å². The van der Waals surface area contributed by atoms with E-state index in [-0.39, 0.29) is 11.9 Å². The van der Waals surface area contributed by atoms with Crippen molar-refractivity contribution in [3.63, 3.8) is 0 Å². The minimum atomic E-state index is -0.219. The highest BCUT2D eigenvalue weighted by Gasteiger charge is 2.17. The summed E-state index contributed by atoms with van der Waals surface area (Å²) in [6, 6.07) is 8.51. The van der Waals surface area contributed by atoms with Crippen molar-refractivity contribution in [2.75, 3.05) is 6.54 Å². The molecular weight excluding hydrogens is 269 g/mol. The standard InChI is InChI=1S/C14H15ClFNS/c1-2-7-17-13(14-12(15)6-8-18-14)10-4-3-5-11(16)9-10/h3-6,8-9,13,17H,2,7H2,1H3. The second-order valence-corrected chi connectivity index (χ2v) is 5.43. The number of halogens is 2. The average Bonchev–Trinajstić information content (AvgIpc) is 2.77. The van der Waals surface area contributed by atoms with Gasteiger partial charge in [-0.05, 0) is 42.1 Å². The van der Waals surface area contributed by atoms with Crippen LogP contribution in [0.2, 0.25) is 5.02 Å². The van der Waals surface area contributed by atoms with Gasteiger partial charge < -0.3 is 5.32 Å². The average molecular weight is 284 g/mol. The first-order valence-corrected chi connectivity index (χ1v) is 7.20. The Morgan fingerprint density at radius 2 is 2.22 bits per heavy atom. The fraction of sp³-hybridized carbons (Fsp3) is 0.286. The van der Waals surface area contributed by atoms with E-state index in [4.69, 9.17) is 11.6 Å². The number of benzene rings is 1. The van der Waals surface area contributed by atoms with Gasteiger partial charge in [0, 0.05) is 4.88 Å². The molecule has 4 heteroatoms. The van der Waals surface area contributed by atoms with Crippen molar-refractivity contribution < 1.29 is 4.39 Å². The van der Waals surface area contributed by atoms with Gasteiger partial charge in [0.05, 0.1) is 11.1 Å². The van der Waals surface area contributed by atoms with Crippen molar-refractivity contribution in [2.45, 2.75) is 19.4 Å². The SMILES string of the molecule is CCCNC(c1cccc(F)c1)c1sccc1Cl. The van der Waals surface area contributed by atoms with Gasteiger partial charge in [-0.3, -0.25) is 0 Å². The lowest BCUT2D eigenvalue weighted by Gasteiger charge is -2.18. The van der Waals surface area contributed by atoms with Crippen LogP contribution in [-0.2, 0) is 0 Å². The molecule has 1 aromatic heterocycles. The lowest BCUT2D eigenvalue weighted by molar-refractivity contribution is 0.591. The number of nitrogens with one attached hydrogen (secondary N) is 1. The maximum Gasteiger partial charge on any atom is 0.123 e. The van der Waals surface area contributed by atoms with Gasteiger partial charge in [-0.2, -0.15) is 0 Å². The van der Waals surface area contributed by atoms with Crippen LogP contribution in [0, 0.1) is 5.82 Å². The molecule has 0 saturated carbocycles. The Hall–Kier alpha value is -0.900. The van der Waals surface area contributed by atoms with Crippen molar-refractivity contribution in [1.82, 2.24) is 5.32 Å². The van der Waals surface area contributed by atoms with Gasteiger partial charge >= 0.3 is 0 Å². The molecule has 18 heavy (non-hydrogen) atoms. The maximum atomic E-state index is 13.3. The first-order valence-electron chi connectivity index (χ1n) is 5.94. The maximum absolute atomic E-state index is 13.3. The molecule has 0 fully saturated rings. The van der Waals surface area contributed by atoms with Crippen LogP contribution in [0.5, 0.6) is 0 Å². The number of thiophene rings is 1. The highest BCUT2D eigenvalue weighted by molar-refractivity contribution is 7.10. The summed E-state index contributed by atoms with van der Waals surface area (Å²) >= 11 is 7.77. The second kappa shape index (κ2) is 6.32. The van der Waals surface area contributed by atoms with Crippen molar-refractivity contribution in [3.05, 3.63) is 57.0 Å². The summed E-state index contributed by atoms with van der Waals surface area (Å²) < 4.78 is 13.3. The van der Waals surface area contributed by atoms with Crippen molar-refractivity contribution in [3.8, 4) is 0 Å². The fourth-order valence-electron chi connectivity index (χ4n) is 1.85. The molecule has 96 valence electrons. The Morgan fingerprint density at radius 1 is 1.39 bits per heavy atom. The molecule has 0 aliphatic rings. The molecule has 1 heterocycles. The van der Waals surface area contributed by atoms with Crippen LogP contribution in [-0.4, -0.2) is 6.54 Å². The van der Waals surface area contributed by atoms with Gasteiger partial charge in [0.2, 0.25) is 0 Å². The Labute approximate surface area is 116 Å². The normalized spacial score (nSPS) is 12.6. The number of hydrogen-bond acceptors (Lipinski definition) is 2. The van der Waals surface area contributed by atoms with Gasteiger partial charge in [-0.15, -0.1) is 11.3 Å². The van der Waals surface area contributed by atoms with Crippen LogP contribution < -0.4 is 5.32 Å². The molecule has 0 bridgehead atoms. The lowest BCUT2D eigenvalue weighted by atomic mass is 10.1. The molecule has 0 aliphatic heterocycles. The van der Waals surface area contributed by atoms with E-state index < -0.39 is 0 Å². The topological polar surface area (TPSA) is 12.0 Å². The quantitative estimate of drug-likeness (QED) is 0.844. The Morgan fingerprint density at radius 3 is 2.83 bits per heavy atom. The minimum absolute atomic E-state index is 0.0341. The first kappa shape index (κ1) is 13.5. The summed E-state index contributed by atoms with van der Waals surface area (Å²) in [5.41, 5.74) is 0.910. The molecule has 0 saturated heterocycles. The molecule has 0 radical (unpaired) electrons. The zero-order chi connectivity index (χ0) is 13.0. The summed E-state index contributed by atoms with van der Waals surface area (Å²) in [6.45, 7) is 2.97. The van der Waals surface area contributed by atoms with Gasteiger partial charge in [-0.1, -0.05) is 30.7 Å². The van der Waals surface area contributed by atoms with Crippen LogP contribution >= 0.6 is 22.9 Å². The van der Waals surface area contributed by atoms with Crippen LogP contribution in [0.25, 0.3) is 0 Å². The third-order valence-electron chi connectivity index (χ3n) is 2.69. The molecule has 1 unspecified atom stereocenters. The second-order valence-electron chi connectivity index (χ2n) is 4.07. The Bertz CT molecular complexity index is 512. The molecule has 2 aromatic rings. The van der Waals surface area contributed by atoms with Gasteiger partial charge in [0.15, 0.2) is 0 Å². The van der Waals surface area contributed by atoms with Crippen LogP contribution in [0.1, 0.15) is 29.8 Å². The van der Waals surface area contributed by atoms with Gasteiger partial charge in [0.1, 0.15) is 5.82 Å². The van der Waals surface area contributed by atoms with E-state index in [0.29, 0.717) is 0 Å². The third kappa shape index (κ3) is 3.10. The van der Waals surface area contributed by atoms with Crippen LogP contribution in [0.3, 0.4) is 0 Å². The summed E-state index contributed by atoms with van der Waals surface area (Å²) in [6.07, 6.45) is 1.02. The predicted octanol–water partition coefficient (Wildman–Crippen LogP) is 4.63. The summed E-state index contributed by atoms with van der Waals surface area (Å²) in [5.74, 6) is -0.219. The molecule has 1 nitrogen and oxygen atoms in total. The summed E-state index contributed by atoms with van der Waals surface area (Å²) in [4.78, 5) is 1.04. The molecule has 2 rings (SSSR count). The lowest BCUT2D eigenvalue weighted by Crippen LogP contribution is -2.22. The number of rotatable bonds is 5. The van der Waals surface area contributed by atoms with E-state index in [1.807, 2.05) is 17.5 Å². The van der Waals surface area contributed by atoms with E-state index in [1.54, 1.807) is 23.5 Å². The molecule has 0 amide bonds. The minimum Gasteiger partial charge on any atom is -0.306 e. The third-order valence-corrected chi connectivity index (χ3v) is 4.11. The molecular formula is C14H15ClFNS. The van der Waals surface area contributed by atoms with E-state index in [2.05, 4.69) is 12.2 Å². The Kier molecular flexibility index (Phi) is 4.75. The van der Waals surface area contributed by atoms with Crippen LogP contribution in [0.15, 0.2) is 35.7 Å². The molecule has 1 aromatic carbocycles. The fourth-order valence-corrected chi connectivity index (χ4v) is 3.12. The smallest absolute Gasteiger partial charge is 0.123 e.